The van der Waals surface area contributed by atoms with Crippen LogP contribution in [0.2, 0.25) is 0 Å². The van der Waals surface area contributed by atoms with Crippen LogP contribution in [0.25, 0.3) is 0 Å². The summed E-state index contributed by atoms with van der Waals surface area (Å²) in [7, 11) is 0.600. The van der Waals surface area contributed by atoms with Crippen LogP contribution in [0.1, 0.15) is 10.4 Å². The lowest BCUT2D eigenvalue weighted by Gasteiger charge is -2.36. The molecule has 9 heteroatoms. The minimum Gasteiger partial charge on any atom is -0.497 e. The van der Waals surface area contributed by atoms with Gasteiger partial charge in [-0.1, -0.05) is 6.07 Å². The molecule has 8 nitrogen and oxygen atoms in total. The number of piperazine rings is 1. The third-order valence-electron chi connectivity index (χ3n) is 4.95. The van der Waals surface area contributed by atoms with Gasteiger partial charge < -0.3 is 19.3 Å². The van der Waals surface area contributed by atoms with E-state index in [0.717, 1.165) is 11.4 Å². The fourth-order valence-electron chi connectivity index (χ4n) is 3.29. The van der Waals surface area contributed by atoms with Crippen molar-refractivity contribution in [3.63, 3.8) is 0 Å². The Kier molecular flexibility index (Phi) is 6.29. The molecule has 1 heterocycles. The van der Waals surface area contributed by atoms with Gasteiger partial charge in [0, 0.05) is 43.5 Å². The number of methoxy groups -OCH3 is 2. The third-order valence-corrected chi connectivity index (χ3v) is 6.39. The van der Waals surface area contributed by atoms with Crippen molar-refractivity contribution >= 4 is 21.6 Å². The second-order valence-electron chi connectivity index (χ2n) is 6.55. The molecule has 0 unspecified atom stereocenters. The Bertz CT molecular complexity index is 985. The first kappa shape index (κ1) is 20.9. The molecule has 0 radical (unpaired) electrons. The highest BCUT2D eigenvalue weighted by molar-refractivity contribution is 7.89. The van der Waals surface area contributed by atoms with Gasteiger partial charge in [0.2, 0.25) is 10.0 Å². The average Bonchev–Trinajstić information content (AvgIpc) is 2.78. The number of rotatable bonds is 6. The largest absolute Gasteiger partial charge is 0.497 e. The van der Waals surface area contributed by atoms with E-state index in [2.05, 4.69) is 9.62 Å². The van der Waals surface area contributed by atoms with Crippen molar-refractivity contribution in [2.45, 2.75) is 4.90 Å². The number of nitrogens with zero attached hydrogens (tertiary/aromatic N) is 2. The van der Waals surface area contributed by atoms with E-state index < -0.39 is 10.0 Å². The quantitative estimate of drug-likeness (QED) is 0.765. The van der Waals surface area contributed by atoms with E-state index in [1.165, 1.54) is 26.3 Å². The first-order valence-electron chi connectivity index (χ1n) is 9.19. The Morgan fingerprint density at radius 3 is 2.34 bits per heavy atom. The van der Waals surface area contributed by atoms with Crippen LogP contribution in [0.3, 0.4) is 0 Å². The van der Waals surface area contributed by atoms with Crippen molar-refractivity contribution in [1.29, 1.82) is 0 Å². The molecule has 0 atom stereocenters. The summed E-state index contributed by atoms with van der Waals surface area (Å²) in [5.74, 6) is 0.779. The maximum Gasteiger partial charge on any atom is 0.254 e. The molecule has 0 spiro atoms. The molecule has 3 rings (SSSR count). The van der Waals surface area contributed by atoms with Crippen molar-refractivity contribution in [2.75, 3.05) is 52.3 Å². The number of benzene rings is 2. The van der Waals surface area contributed by atoms with Crippen molar-refractivity contribution in [1.82, 2.24) is 9.62 Å². The van der Waals surface area contributed by atoms with Gasteiger partial charge in [0.1, 0.15) is 16.4 Å². The maximum atomic E-state index is 12.9. The monoisotopic (exact) mass is 419 g/mol. The summed E-state index contributed by atoms with van der Waals surface area (Å²) < 4.78 is 37.2. The Morgan fingerprint density at radius 2 is 1.72 bits per heavy atom. The summed E-state index contributed by atoms with van der Waals surface area (Å²) >= 11 is 0. The van der Waals surface area contributed by atoms with Crippen LogP contribution in [0.4, 0.5) is 5.69 Å². The molecule has 156 valence electrons. The summed E-state index contributed by atoms with van der Waals surface area (Å²) in [6.07, 6.45) is 0. The molecule has 0 saturated carbocycles. The number of anilines is 1. The number of ether oxygens (including phenoxy) is 2. The maximum absolute atomic E-state index is 12.9. The van der Waals surface area contributed by atoms with Crippen LogP contribution in [0.5, 0.6) is 11.5 Å². The van der Waals surface area contributed by atoms with Crippen molar-refractivity contribution < 1.29 is 22.7 Å². The van der Waals surface area contributed by atoms with E-state index in [4.69, 9.17) is 9.47 Å². The number of carbonyl (C=O) groups is 1. The first-order valence-corrected chi connectivity index (χ1v) is 10.7. The Morgan fingerprint density at radius 1 is 1.00 bits per heavy atom. The smallest absolute Gasteiger partial charge is 0.254 e. The van der Waals surface area contributed by atoms with Gasteiger partial charge in [-0.2, -0.15) is 0 Å². The van der Waals surface area contributed by atoms with Crippen LogP contribution in [0, 0.1) is 0 Å². The summed E-state index contributed by atoms with van der Waals surface area (Å²) in [5.41, 5.74) is 1.36. The number of carbonyl (C=O) groups excluding carboxylic acids is 1. The van der Waals surface area contributed by atoms with Gasteiger partial charge in [-0.05, 0) is 37.4 Å². The van der Waals surface area contributed by atoms with Crippen molar-refractivity contribution in [3.8, 4) is 11.5 Å². The van der Waals surface area contributed by atoms with Gasteiger partial charge in [0.25, 0.3) is 5.91 Å². The summed E-state index contributed by atoms with van der Waals surface area (Å²) in [5, 5.41) is 0. The fraction of sp³-hybridized carbons (Fsp3) is 0.350. The standard InChI is InChI=1S/C20H25N3O5S/c1-21-29(25,26)19-13-15(7-8-18(19)28-3)20(24)23-11-9-22(10-12-23)16-5-4-6-17(14-16)27-2/h4-8,13-14,21H,9-12H2,1-3H3. The molecule has 2 aromatic carbocycles. The highest BCUT2D eigenvalue weighted by atomic mass is 32.2. The summed E-state index contributed by atoms with van der Waals surface area (Å²) in [6, 6.07) is 12.3. The zero-order chi connectivity index (χ0) is 21.0. The number of amides is 1. The lowest BCUT2D eigenvalue weighted by atomic mass is 10.1. The normalized spacial score (nSPS) is 14.6. The van der Waals surface area contributed by atoms with Crippen LogP contribution in [0.15, 0.2) is 47.4 Å². The molecule has 1 aliphatic rings. The van der Waals surface area contributed by atoms with Gasteiger partial charge in [0.15, 0.2) is 0 Å². The van der Waals surface area contributed by atoms with Gasteiger partial charge in [0.05, 0.1) is 14.2 Å². The Hall–Kier alpha value is -2.78. The highest BCUT2D eigenvalue weighted by Crippen LogP contribution is 2.26. The fourth-order valence-corrected chi connectivity index (χ4v) is 4.21. The van der Waals surface area contributed by atoms with Crippen LogP contribution in [-0.4, -0.2) is 66.7 Å². The molecule has 1 aliphatic heterocycles. The molecule has 0 bridgehead atoms. The topological polar surface area (TPSA) is 88.2 Å². The van der Waals surface area contributed by atoms with Crippen LogP contribution < -0.4 is 19.1 Å². The zero-order valence-corrected chi connectivity index (χ0v) is 17.5. The van der Waals surface area contributed by atoms with Gasteiger partial charge >= 0.3 is 0 Å². The zero-order valence-electron chi connectivity index (χ0n) is 16.7. The van der Waals surface area contributed by atoms with Gasteiger partial charge in [-0.3, -0.25) is 4.79 Å². The summed E-state index contributed by atoms with van der Waals surface area (Å²) in [6.45, 7) is 2.43. The number of sulfonamides is 1. The predicted molar refractivity (Wildman–Crippen MR) is 110 cm³/mol. The molecule has 1 amide bonds. The molecular weight excluding hydrogens is 394 g/mol. The summed E-state index contributed by atoms with van der Waals surface area (Å²) in [4.78, 5) is 16.8. The van der Waals surface area contributed by atoms with Gasteiger partial charge in [-0.25, -0.2) is 13.1 Å². The number of nitrogens with one attached hydrogen (secondary N) is 1. The minimum atomic E-state index is -3.74. The first-order chi connectivity index (χ1) is 13.9. The number of hydrogen-bond donors (Lipinski definition) is 1. The highest BCUT2D eigenvalue weighted by Gasteiger charge is 2.25. The Labute approximate surface area is 171 Å². The van der Waals surface area contributed by atoms with E-state index >= 15 is 0 Å². The number of hydrogen-bond acceptors (Lipinski definition) is 6. The van der Waals surface area contributed by atoms with E-state index in [-0.39, 0.29) is 16.6 Å². The molecular formula is C20H25N3O5S. The van der Waals surface area contributed by atoms with E-state index in [1.807, 2.05) is 24.3 Å². The average molecular weight is 420 g/mol. The molecule has 29 heavy (non-hydrogen) atoms. The van der Waals surface area contributed by atoms with E-state index in [1.54, 1.807) is 18.1 Å². The van der Waals surface area contributed by atoms with Crippen LogP contribution in [-0.2, 0) is 10.0 Å². The molecule has 1 fully saturated rings. The van der Waals surface area contributed by atoms with E-state index in [0.29, 0.717) is 31.7 Å². The van der Waals surface area contributed by atoms with Crippen molar-refractivity contribution in [3.05, 3.63) is 48.0 Å². The molecule has 2 aromatic rings. The van der Waals surface area contributed by atoms with Gasteiger partial charge in [-0.15, -0.1) is 0 Å². The minimum absolute atomic E-state index is 0.0524. The Balaban J connectivity index is 1.74. The van der Waals surface area contributed by atoms with E-state index in [9.17, 15) is 13.2 Å². The lowest BCUT2D eigenvalue weighted by Crippen LogP contribution is -2.48. The second kappa shape index (κ2) is 8.71. The van der Waals surface area contributed by atoms with Crippen LogP contribution >= 0.6 is 0 Å². The molecule has 0 aromatic heterocycles. The molecule has 1 N–H and O–H groups in total. The predicted octanol–water partition coefficient (Wildman–Crippen LogP) is 1.57. The second-order valence-corrected chi connectivity index (χ2v) is 8.41. The molecule has 1 saturated heterocycles. The lowest BCUT2D eigenvalue weighted by molar-refractivity contribution is 0.0746. The SMILES string of the molecule is CNS(=O)(=O)c1cc(C(=O)N2CCN(c3cccc(OC)c3)CC2)ccc1OC. The third kappa shape index (κ3) is 4.46. The van der Waals surface area contributed by atoms with Crippen molar-refractivity contribution in [2.24, 2.45) is 0 Å². The molecule has 0 aliphatic carbocycles.